The number of benzene rings is 6. The Morgan fingerprint density at radius 3 is 2.16 bits per heavy atom. The molecule has 0 unspecified atom stereocenters. The highest BCUT2D eigenvalue weighted by Gasteiger charge is 2.12. The van der Waals surface area contributed by atoms with Gasteiger partial charge in [0.05, 0.1) is 12.1 Å². The van der Waals surface area contributed by atoms with Crippen LogP contribution in [0.5, 0.6) is 0 Å². The van der Waals surface area contributed by atoms with E-state index in [1.165, 1.54) is 10.8 Å². The molecule has 0 saturated heterocycles. The van der Waals surface area contributed by atoms with Crippen LogP contribution in [-0.4, -0.2) is 9.97 Å². The smallest absolute Gasteiger partial charge is 0.187 e. The molecule has 0 aliphatic heterocycles. The molecular weight excluding hydrogens is 462 g/mol. The van der Waals surface area contributed by atoms with E-state index in [0.29, 0.717) is 5.69 Å². The summed E-state index contributed by atoms with van der Waals surface area (Å²) in [5.41, 5.74) is 7.11. The van der Waals surface area contributed by atoms with Crippen LogP contribution in [0, 0.1) is 6.57 Å². The number of rotatable bonds is 3. The highest BCUT2D eigenvalue weighted by atomic mass is 14.9. The molecule has 1 heterocycles. The van der Waals surface area contributed by atoms with Crippen molar-refractivity contribution >= 4 is 38.1 Å². The van der Waals surface area contributed by atoms with Gasteiger partial charge in [-0.15, -0.1) is 0 Å². The first-order valence-corrected chi connectivity index (χ1v) is 12.5. The molecule has 0 aliphatic rings. The summed E-state index contributed by atoms with van der Waals surface area (Å²) in [4.78, 5) is 13.2. The fourth-order valence-corrected chi connectivity index (χ4v) is 5.18. The molecule has 0 atom stereocenters. The average molecular weight is 484 g/mol. The molecule has 38 heavy (non-hydrogen) atoms. The molecule has 0 bridgehead atoms. The van der Waals surface area contributed by atoms with Crippen molar-refractivity contribution in [2.24, 2.45) is 0 Å². The molecule has 7 rings (SSSR count). The Kier molecular flexibility index (Phi) is 5.17. The second-order valence-corrected chi connectivity index (χ2v) is 9.40. The maximum Gasteiger partial charge on any atom is 0.187 e. The topological polar surface area (TPSA) is 30.1 Å². The van der Waals surface area contributed by atoms with Gasteiger partial charge in [0.15, 0.2) is 11.5 Å². The van der Waals surface area contributed by atoms with E-state index in [0.717, 1.165) is 55.3 Å². The summed E-state index contributed by atoms with van der Waals surface area (Å²) < 4.78 is 0. The van der Waals surface area contributed by atoms with Crippen molar-refractivity contribution in [2.75, 3.05) is 0 Å². The molecule has 0 spiro atoms. The van der Waals surface area contributed by atoms with Crippen LogP contribution in [0.4, 0.5) is 5.69 Å². The Bertz CT molecular complexity index is 2030. The zero-order chi connectivity index (χ0) is 25.5. The average Bonchev–Trinajstić information content (AvgIpc) is 2.99. The summed E-state index contributed by atoms with van der Waals surface area (Å²) in [5, 5.41) is 5.67. The van der Waals surface area contributed by atoms with E-state index in [9.17, 15) is 0 Å². The van der Waals surface area contributed by atoms with Crippen LogP contribution in [0.1, 0.15) is 0 Å². The lowest BCUT2D eigenvalue weighted by Crippen LogP contribution is -1.92. The van der Waals surface area contributed by atoms with Crippen LogP contribution < -0.4 is 0 Å². The molecule has 1 aromatic heterocycles. The molecule has 176 valence electrons. The summed E-state index contributed by atoms with van der Waals surface area (Å²) >= 11 is 0. The number of para-hydroxylation sites is 1. The molecule has 3 nitrogen and oxygen atoms in total. The Hall–Kier alpha value is -5.33. The minimum atomic E-state index is 0.647. The number of hydrogen-bond donors (Lipinski definition) is 0. The Morgan fingerprint density at radius 2 is 1.29 bits per heavy atom. The first kappa shape index (κ1) is 21.9. The standard InChI is InChI=1S/C35H21N3/c1-36-29-17-15-24(16-18-29)30-11-6-9-23-13-14-25(20-32(23)30)28-19-26-7-2-4-10-31(26)33(21-28)35-37-22-27-8-3-5-12-34(27)38-35/h2-22H. The molecule has 7 aromatic rings. The third kappa shape index (κ3) is 3.77. The molecule has 0 N–H and O–H groups in total. The minimum Gasteiger partial charge on any atom is -0.238 e. The molecule has 0 fully saturated rings. The molecule has 6 aromatic carbocycles. The minimum absolute atomic E-state index is 0.647. The van der Waals surface area contributed by atoms with E-state index in [-0.39, 0.29) is 0 Å². The Labute approximate surface area is 220 Å². The van der Waals surface area contributed by atoms with Crippen LogP contribution in [0.3, 0.4) is 0 Å². The Morgan fingerprint density at radius 1 is 0.526 bits per heavy atom. The highest BCUT2D eigenvalue weighted by molar-refractivity contribution is 6.02. The van der Waals surface area contributed by atoms with Gasteiger partial charge in [0.2, 0.25) is 0 Å². The zero-order valence-electron chi connectivity index (χ0n) is 20.5. The van der Waals surface area contributed by atoms with Gasteiger partial charge < -0.3 is 0 Å². The monoisotopic (exact) mass is 483 g/mol. The summed E-state index contributed by atoms with van der Waals surface area (Å²) in [6.45, 7) is 7.27. The second-order valence-electron chi connectivity index (χ2n) is 9.40. The van der Waals surface area contributed by atoms with Gasteiger partial charge in [0.25, 0.3) is 0 Å². The summed E-state index contributed by atoms with van der Waals surface area (Å²) in [7, 11) is 0. The van der Waals surface area contributed by atoms with E-state index in [2.05, 4.69) is 77.6 Å². The van der Waals surface area contributed by atoms with Gasteiger partial charge in [-0.3, -0.25) is 0 Å². The van der Waals surface area contributed by atoms with Crippen molar-refractivity contribution < 1.29 is 0 Å². The third-order valence-electron chi connectivity index (χ3n) is 7.11. The normalized spacial score (nSPS) is 11.1. The number of fused-ring (bicyclic) bond motifs is 3. The van der Waals surface area contributed by atoms with Gasteiger partial charge >= 0.3 is 0 Å². The zero-order valence-corrected chi connectivity index (χ0v) is 20.5. The summed E-state index contributed by atoms with van der Waals surface area (Å²) in [6, 6.07) is 41.8. The lowest BCUT2D eigenvalue weighted by Gasteiger charge is -2.13. The van der Waals surface area contributed by atoms with Crippen molar-refractivity contribution in [3.8, 4) is 33.6 Å². The first-order valence-electron chi connectivity index (χ1n) is 12.5. The van der Waals surface area contributed by atoms with Crippen molar-refractivity contribution in [2.45, 2.75) is 0 Å². The molecule has 3 heteroatoms. The van der Waals surface area contributed by atoms with Crippen molar-refractivity contribution in [3.63, 3.8) is 0 Å². The predicted octanol–water partition coefficient (Wildman–Crippen LogP) is 9.49. The fourth-order valence-electron chi connectivity index (χ4n) is 5.18. The highest BCUT2D eigenvalue weighted by Crippen LogP contribution is 2.36. The third-order valence-corrected chi connectivity index (χ3v) is 7.11. The quantitative estimate of drug-likeness (QED) is 0.234. The van der Waals surface area contributed by atoms with Crippen LogP contribution in [0.25, 0.3) is 70.9 Å². The van der Waals surface area contributed by atoms with E-state index in [1.807, 2.05) is 54.7 Å². The van der Waals surface area contributed by atoms with E-state index >= 15 is 0 Å². The second kappa shape index (κ2) is 8.96. The van der Waals surface area contributed by atoms with Gasteiger partial charge in [-0.2, -0.15) is 0 Å². The molecule has 0 aliphatic carbocycles. The van der Waals surface area contributed by atoms with E-state index < -0.39 is 0 Å². The Balaban J connectivity index is 1.42. The number of hydrogen-bond acceptors (Lipinski definition) is 2. The molecule has 0 amide bonds. The van der Waals surface area contributed by atoms with Crippen molar-refractivity contribution in [1.29, 1.82) is 0 Å². The predicted molar refractivity (Wildman–Crippen MR) is 157 cm³/mol. The number of nitrogens with zero attached hydrogens (tertiary/aromatic N) is 3. The van der Waals surface area contributed by atoms with E-state index in [4.69, 9.17) is 16.5 Å². The SMILES string of the molecule is [C-]#[N+]c1ccc(-c2cccc3ccc(-c4cc(-c5ncc6ccccc6n5)c5ccccc5c4)cc23)cc1. The van der Waals surface area contributed by atoms with Gasteiger partial charge in [-0.1, -0.05) is 97.1 Å². The van der Waals surface area contributed by atoms with Gasteiger partial charge in [0, 0.05) is 17.1 Å². The van der Waals surface area contributed by atoms with Gasteiger partial charge in [0.1, 0.15) is 0 Å². The molecule has 0 radical (unpaired) electrons. The largest absolute Gasteiger partial charge is 0.238 e. The lowest BCUT2D eigenvalue weighted by atomic mass is 9.92. The van der Waals surface area contributed by atoms with Gasteiger partial charge in [-0.25, -0.2) is 14.8 Å². The summed E-state index contributed by atoms with van der Waals surface area (Å²) in [5.74, 6) is 0.725. The maximum absolute atomic E-state index is 7.27. The van der Waals surface area contributed by atoms with Crippen LogP contribution in [0.15, 0.2) is 128 Å². The first-order chi connectivity index (χ1) is 18.8. The molecule has 0 saturated carbocycles. The maximum atomic E-state index is 7.27. The van der Waals surface area contributed by atoms with Gasteiger partial charge in [-0.05, 0) is 68.1 Å². The lowest BCUT2D eigenvalue weighted by molar-refractivity contribution is 1.23. The van der Waals surface area contributed by atoms with Crippen LogP contribution in [0.2, 0.25) is 0 Å². The van der Waals surface area contributed by atoms with Crippen LogP contribution in [-0.2, 0) is 0 Å². The van der Waals surface area contributed by atoms with Crippen molar-refractivity contribution in [1.82, 2.24) is 9.97 Å². The molecular formula is C35H21N3. The number of aromatic nitrogens is 2. The fraction of sp³-hybridized carbons (Fsp3) is 0. The summed E-state index contributed by atoms with van der Waals surface area (Å²) in [6.07, 6.45) is 1.90. The van der Waals surface area contributed by atoms with E-state index in [1.54, 1.807) is 0 Å². The van der Waals surface area contributed by atoms with Crippen LogP contribution >= 0.6 is 0 Å². The van der Waals surface area contributed by atoms with Crippen molar-refractivity contribution in [3.05, 3.63) is 139 Å².